The summed E-state index contributed by atoms with van der Waals surface area (Å²) < 4.78 is 5.80. The minimum absolute atomic E-state index is 0.0135. The van der Waals surface area contributed by atoms with E-state index in [9.17, 15) is 4.79 Å². The fourth-order valence-electron chi connectivity index (χ4n) is 2.33. The maximum Gasteiger partial charge on any atom is 0.346 e. The SMILES string of the molecule is Cn1cc(Cn2nc3n(c2=O)CCCC3)c(Br)n1. The summed E-state index contributed by atoms with van der Waals surface area (Å²) in [6, 6.07) is 0. The van der Waals surface area contributed by atoms with Crippen molar-refractivity contribution < 1.29 is 0 Å². The largest absolute Gasteiger partial charge is 0.346 e. The van der Waals surface area contributed by atoms with Crippen LogP contribution in [0, 0.1) is 0 Å². The molecule has 0 aliphatic carbocycles. The van der Waals surface area contributed by atoms with Crippen molar-refractivity contribution in [2.75, 3.05) is 0 Å². The van der Waals surface area contributed by atoms with Crippen molar-refractivity contribution >= 4 is 15.9 Å². The lowest BCUT2D eigenvalue weighted by Crippen LogP contribution is -2.27. The van der Waals surface area contributed by atoms with Gasteiger partial charge in [-0.3, -0.25) is 9.25 Å². The van der Waals surface area contributed by atoms with Crippen molar-refractivity contribution in [1.29, 1.82) is 0 Å². The van der Waals surface area contributed by atoms with E-state index in [1.54, 1.807) is 9.25 Å². The zero-order valence-electron chi connectivity index (χ0n) is 10.1. The molecule has 0 saturated heterocycles. The number of rotatable bonds is 2. The maximum absolute atomic E-state index is 12.2. The predicted octanol–water partition coefficient (Wildman–Crippen LogP) is 0.925. The van der Waals surface area contributed by atoms with E-state index in [0.717, 1.165) is 41.8 Å². The molecule has 0 atom stereocenters. The lowest BCUT2D eigenvalue weighted by atomic mass is 10.2. The number of fused-ring (bicyclic) bond motifs is 1. The van der Waals surface area contributed by atoms with Gasteiger partial charge in [0.2, 0.25) is 0 Å². The predicted molar refractivity (Wildman–Crippen MR) is 69.4 cm³/mol. The number of aryl methyl sites for hydroxylation is 2. The highest BCUT2D eigenvalue weighted by atomic mass is 79.9. The number of aromatic nitrogens is 5. The second-order valence-corrected chi connectivity index (χ2v) is 5.34. The Kier molecular flexibility index (Phi) is 2.85. The molecule has 0 unspecified atom stereocenters. The van der Waals surface area contributed by atoms with Gasteiger partial charge in [0.15, 0.2) is 0 Å². The first-order chi connectivity index (χ1) is 8.65. The molecule has 0 bridgehead atoms. The van der Waals surface area contributed by atoms with E-state index in [0.29, 0.717) is 6.54 Å². The summed E-state index contributed by atoms with van der Waals surface area (Å²) in [5.41, 5.74) is 0.954. The van der Waals surface area contributed by atoms with Gasteiger partial charge >= 0.3 is 5.69 Å². The van der Waals surface area contributed by atoms with Crippen molar-refractivity contribution in [3.63, 3.8) is 0 Å². The van der Waals surface area contributed by atoms with Crippen LogP contribution < -0.4 is 5.69 Å². The second-order valence-electron chi connectivity index (χ2n) is 4.58. The first-order valence-corrected chi connectivity index (χ1v) is 6.79. The Morgan fingerprint density at radius 2 is 2.22 bits per heavy atom. The van der Waals surface area contributed by atoms with Gasteiger partial charge in [0, 0.05) is 31.8 Å². The zero-order valence-corrected chi connectivity index (χ0v) is 11.7. The fraction of sp³-hybridized carbons (Fsp3) is 0.545. The van der Waals surface area contributed by atoms with E-state index in [1.807, 2.05) is 13.2 Å². The third-order valence-electron chi connectivity index (χ3n) is 3.20. The van der Waals surface area contributed by atoms with E-state index < -0.39 is 0 Å². The molecular weight excluding hydrogens is 298 g/mol. The Morgan fingerprint density at radius 3 is 2.89 bits per heavy atom. The number of halogens is 1. The van der Waals surface area contributed by atoms with E-state index in [-0.39, 0.29) is 5.69 Å². The molecule has 7 heteroatoms. The summed E-state index contributed by atoms with van der Waals surface area (Å²) in [6.07, 6.45) is 4.98. The van der Waals surface area contributed by atoms with E-state index in [4.69, 9.17) is 0 Å². The Bertz CT molecular complexity index is 638. The molecule has 1 aliphatic rings. The van der Waals surface area contributed by atoms with Crippen molar-refractivity contribution in [2.24, 2.45) is 7.05 Å². The van der Waals surface area contributed by atoms with Crippen LogP contribution in [0.2, 0.25) is 0 Å². The normalized spacial score (nSPS) is 14.8. The first kappa shape index (κ1) is 11.7. The van der Waals surface area contributed by atoms with Crippen molar-refractivity contribution in [3.05, 3.63) is 32.7 Å². The first-order valence-electron chi connectivity index (χ1n) is 5.99. The van der Waals surface area contributed by atoms with Gasteiger partial charge in [-0.1, -0.05) is 0 Å². The second kappa shape index (κ2) is 4.38. The minimum Gasteiger partial charge on any atom is -0.279 e. The molecule has 6 nitrogen and oxygen atoms in total. The molecule has 0 radical (unpaired) electrons. The summed E-state index contributed by atoms with van der Waals surface area (Å²) >= 11 is 3.39. The van der Waals surface area contributed by atoms with Gasteiger partial charge in [-0.15, -0.1) is 0 Å². The van der Waals surface area contributed by atoms with Crippen molar-refractivity contribution in [2.45, 2.75) is 32.4 Å². The smallest absolute Gasteiger partial charge is 0.279 e. The van der Waals surface area contributed by atoms with Crippen LogP contribution in [-0.4, -0.2) is 24.1 Å². The quantitative estimate of drug-likeness (QED) is 0.829. The molecule has 2 aromatic heterocycles. The molecular formula is C11H14BrN5O. The average molecular weight is 312 g/mol. The molecule has 0 fully saturated rings. The molecule has 0 amide bonds. The Labute approximate surface area is 112 Å². The van der Waals surface area contributed by atoms with Gasteiger partial charge in [0.25, 0.3) is 0 Å². The summed E-state index contributed by atoms with van der Waals surface area (Å²) in [4.78, 5) is 12.2. The zero-order chi connectivity index (χ0) is 12.7. The highest BCUT2D eigenvalue weighted by Gasteiger charge is 2.17. The van der Waals surface area contributed by atoms with Gasteiger partial charge < -0.3 is 0 Å². The maximum atomic E-state index is 12.2. The lowest BCUT2D eigenvalue weighted by Gasteiger charge is -2.09. The summed E-state index contributed by atoms with van der Waals surface area (Å²) in [5, 5.41) is 8.61. The molecule has 0 aromatic carbocycles. The van der Waals surface area contributed by atoms with Gasteiger partial charge in [0.05, 0.1) is 6.54 Å². The summed E-state index contributed by atoms with van der Waals surface area (Å²) in [6.45, 7) is 1.26. The molecule has 3 heterocycles. The van der Waals surface area contributed by atoms with Gasteiger partial charge in [-0.25, -0.2) is 9.48 Å². The van der Waals surface area contributed by atoms with Gasteiger partial charge in [0.1, 0.15) is 10.4 Å². The summed E-state index contributed by atoms with van der Waals surface area (Å²) in [7, 11) is 1.86. The molecule has 96 valence electrons. The lowest BCUT2D eigenvalue weighted by molar-refractivity contribution is 0.511. The molecule has 2 aromatic rings. The van der Waals surface area contributed by atoms with Crippen LogP contribution in [0.5, 0.6) is 0 Å². The minimum atomic E-state index is -0.0135. The van der Waals surface area contributed by atoms with Gasteiger partial charge in [-0.2, -0.15) is 10.2 Å². The molecule has 0 saturated carbocycles. The van der Waals surface area contributed by atoms with Crippen molar-refractivity contribution in [3.8, 4) is 0 Å². The molecule has 0 N–H and O–H groups in total. The highest BCUT2D eigenvalue weighted by molar-refractivity contribution is 9.10. The highest BCUT2D eigenvalue weighted by Crippen LogP contribution is 2.15. The van der Waals surface area contributed by atoms with Crippen LogP contribution in [0.3, 0.4) is 0 Å². The van der Waals surface area contributed by atoms with Crippen LogP contribution >= 0.6 is 15.9 Å². The van der Waals surface area contributed by atoms with Crippen LogP contribution in [-0.2, 0) is 26.6 Å². The molecule has 3 rings (SSSR count). The van der Waals surface area contributed by atoms with Crippen LogP contribution in [0.15, 0.2) is 15.6 Å². The van der Waals surface area contributed by atoms with E-state index in [2.05, 4.69) is 26.1 Å². The fourth-order valence-corrected chi connectivity index (χ4v) is 2.81. The van der Waals surface area contributed by atoms with E-state index in [1.165, 1.54) is 4.68 Å². The molecule has 1 aliphatic heterocycles. The molecule has 18 heavy (non-hydrogen) atoms. The third kappa shape index (κ3) is 1.92. The van der Waals surface area contributed by atoms with Crippen LogP contribution in [0.25, 0.3) is 0 Å². The summed E-state index contributed by atoms with van der Waals surface area (Å²) in [5.74, 6) is 0.909. The third-order valence-corrected chi connectivity index (χ3v) is 3.87. The number of hydrogen-bond donors (Lipinski definition) is 0. The monoisotopic (exact) mass is 311 g/mol. The number of nitrogens with zero attached hydrogens (tertiary/aromatic N) is 5. The molecule has 0 spiro atoms. The number of hydrogen-bond acceptors (Lipinski definition) is 3. The Hall–Kier alpha value is -1.37. The topological polar surface area (TPSA) is 57.6 Å². The van der Waals surface area contributed by atoms with E-state index >= 15 is 0 Å². The van der Waals surface area contributed by atoms with Crippen LogP contribution in [0.4, 0.5) is 0 Å². The van der Waals surface area contributed by atoms with Gasteiger partial charge in [-0.05, 0) is 28.8 Å². The Balaban J connectivity index is 1.96. The Morgan fingerprint density at radius 1 is 1.39 bits per heavy atom. The standard InChI is InChI=1S/C11H14BrN5O/c1-15-6-8(10(12)14-15)7-17-11(18)16-5-3-2-4-9(16)13-17/h6H,2-5,7H2,1H3. The van der Waals surface area contributed by atoms with Crippen molar-refractivity contribution in [1.82, 2.24) is 24.1 Å². The average Bonchev–Trinajstić information content (AvgIpc) is 2.82. The van der Waals surface area contributed by atoms with Crippen LogP contribution in [0.1, 0.15) is 24.2 Å².